The van der Waals surface area contributed by atoms with Gasteiger partial charge in [-0.25, -0.2) is 9.97 Å². The Morgan fingerprint density at radius 3 is 2.67 bits per heavy atom. The van der Waals surface area contributed by atoms with Gasteiger partial charge in [-0.15, -0.1) is 0 Å². The monoisotopic (exact) mass is 350 g/mol. The fourth-order valence-corrected chi connectivity index (χ4v) is 2.96. The first-order chi connectivity index (χ1) is 7.15. The maximum atomic E-state index is 6.01. The Balaban J connectivity index is 2.98. The van der Waals surface area contributed by atoms with Crippen LogP contribution in [0.5, 0.6) is 5.75 Å². The maximum Gasteiger partial charge on any atom is 0.145 e. The lowest BCUT2D eigenvalue weighted by atomic mass is 10.2. The Hall–Kier alpha value is -0.390. The van der Waals surface area contributed by atoms with Crippen LogP contribution in [0.15, 0.2) is 21.3 Å². The van der Waals surface area contributed by atoms with Gasteiger partial charge in [0.15, 0.2) is 0 Å². The van der Waals surface area contributed by atoms with E-state index in [-0.39, 0.29) is 0 Å². The number of halogens is 3. The molecule has 15 heavy (non-hydrogen) atoms. The zero-order valence-electron chi connectivity index (χ0n) is 7.59. The molecule has 0 aliphatic heterocycles. The van der Waals surface area contributed by atoms with Crippen LogP contribution in [0.4, 0.5) is 0 Å². The van der Waals surface area contributed by atoms with Crippen LogP contribution >= 0.6 is 43.5 Å². The van der Waals surface area contributed by atoms with E-state index in [1.807, 2.05) is 6.07 Å². The third-order valence-corrected chi connectivity index (χ3v) is 3.41. The van der Waals surface area contributed by atoms with Gasteiger partial charge < -0.3 is 4.74 Å². The summed E-state index contributed by atoms with van der Waals surface area (Å²) >= 11 is 12.8. The molecule has 0 spiro atoms. The first kappa shape index (κ1) is 11.1. The van der Waals surface area contributed by atoms with Gasteiger partial charge in [0.05, 0.1) is 22.5 Å². The molecule has 0 N–H and O–H groups in total. The van der Waals surface area contributed by atoms with Crippen LogP contribution in [-0.2, 0) is 0 Å². The number of rotatable bonds is 1. The molecule has 0 fully saturated rings. The van der Waals surface area contributed by atoms with Gasteiger partial charge in [0.1, 0.15) is 17.2 Å². The van der Waals surface area contributed by atoms with Crippen LogP contribution in [0.2, 0.25) is 5.15 Å². The summed E-state index contributed by atoms with van der Waals surface area (Å²) in [6, 6.07) is 1.87. The van der Waals surface area contributed by atoms with Crippen molar-refractivity contribution in [1.82, 2.24) is 9.97 Å². The predicted molar refractivity (Wildman–Crippen MR) is 66.5 cm³/mol. The maximum absolute atomic E-state index is 6.01. The number of benzene rings is 1. The average molecular weight is 352 g/mol. The van der Waals surface area contributed by atoms with E-state index < -0.39 is 0 Å². The number of fused-ring (bicyclic) bond motifs is 1. The Bertz CT molecular complexity index is 533. The molecular formula is C9H5Br2ClN2O. The van der Waals surface area contributed by atoms with Gasteiger partial charge in [0, 0.05) is 4.47 Å². The summed E-state index contributed by atoms with van der Waals surface area (Å²) < 4.78 is 6.91. The Morgan fingerprint density at radius 1 is 1.27 bits per heavy atom. The highest BCUT2D eigenvalue weighted by Crippen LogP contribution is 2.39. The average Bonchev–Trinajstić information content (AvgIpc) is 2.20. The minimum absolute atomic E-state index is 0.374. The van der Waals surface area contributed by atoms with Crippen molar-refractivity contribution in [2.45, 2.75) is 0 Å². The first-order valence-corrected chi connectivity index (χ1v) is 5.93. The minimum atomic E-state index is 0.374. The Kier molecular flexibility index (Phi) is 3.13. The van der Waals surface area contributed by atoms with Crippen molar-refractivity contribution < 1.29 is 4.74 Å². The topological polar surface area (TPSA) is 35.0 Å². The zero-order valence-corrected chi connectivity index (χ0v) is 11.5. The van der Waals surface area contributed by atoms with Crippen molar-refractivity contribution in [1.29, 1.82) is 0 Å². The van der Waals surface area contributed by atoms with Gasteiger partial charge >= 0.3 is 0 Å². The van der Waals surface area contributed by atoms with Crippen molar-refractivity contribution in [3.8, 4) is 5.75 Å². The third kappa shape index (κ3) is 1.84. The van der Waals surface area contributed by atoms with Gasteiger partial charge in [0.2, 0.25) is 0 Å². The summed E-state index contributed by atoms with van der Waals surface area (Å²) in [4.78, 5) is 8.08. The second kappa shape index (κ2) is 4.23. The van der Waals surface area contributed by atoms with Crippen molar-refractivity contribution in [3.63, 3.8) is 0 Å². The molecule has 1 heterocycles. The summed E-state index contributed by atoms with van der Waals surface area (Å²) in [6.07, 6.45) is 1.42. The molecular weight excluding hydrogens is 347 g/mol. The van der Waals surface area contributed by atoms with Crippen molar-refractivity contribution in [2.75, 3.05) is 7.11 Å². The smallest absolute Gasteiger partial charge is 0.145 e. The molecule has 0 aliphatic carbocycles. The SMILES string of the molecule is COc1c(Br)cc(Br)c2ncnc(Cl)c12. The molecule has 0 radical (unpaired) electrons. The lowest BCUT2D eigenvalue weighted by Gasteiger charge is -2.09. The summed E-state index contributed by atoms with van der Waals surface area (Å²) in [5.74, 6) is 0.638. The highest BCUT2D eigenvalue weighted by Gasteiger charge is 2.14. The second-order valence-corrected chi connectivity index (χ2v) is 4.83. The lowest BCUT2D eigenvalue weighted by molar-refractivity contribution is 0.417. The molecule has 0 saturated carbocycles. The second-order valence-electron chi connectivity index (χ2n) is 2.76. The third-order valence-electron chi connectivity index (χ3n) is 1.93. The summed E-state index contributed by atoms with van der Waals surface area (Å²) in [6.45, 7) is 0. The van der Waals surface area contributed by atoms with Gasteiger partial charge in [-0.1, -0.05) is 11.6 Å². The first-order valence-electron chi connectivity index (χ1n) is 3.97. The molecule has 2 aromatic rings. The van der Waals surface area contributed by atoms with Crippen LogP contribution in [0, 0.1) is 0 Å². The minimum Gasteiger partial charge on any atom is -0.495 e. The summed E-state index contributed by atoms with van der Waals surface area (Å²) in [5.41, 5.74) is 0.732. The van der Waals surface area contributed by atoms with Crippen molar-refractivity contribution >= 4 is 54.4 Å². The summed E-state index contributed by atoms with van der Waals surface area (Å²) in [7, 11) is 1.58. The van der Waals surface area contributed by atoms with Crippen LogP contribution in [0.1, 0.15) is 0 Å². The molecule has 6 heteroatoms. The molecule has 0 bridgehead atoms. The van der Waals surface area contributed by atoms with Crippen LogP contribution in [0.3, 0.4) is 0 Å². The standard InChI is InChI=1S/C9H5Br2ClN2O/c1-15-8-5(11)2-4(10)7-6(8)9(12)14-3-13-7/h2-3H,1H3. The number of hydrogen-bond donors (Lipinski definition) is 0. The van der Waals surface area contributed by atoms with E-state index in [4.69, 9.17) is 16.3 Å². The van der Waals surface area contributed by atoms with Gasteiger partial charge in [-0.3, -0.25) is 0 Å². The molecule has 0 atom stereocenters. The fraction of sp³-hybridized carbons (Fsp3) is 0.111. The van der Waals surface area contributed by atoms with E-state index in [2.05, 4.69) is 41.8 Å². The molecule has 1 aromatic carbocycles. The number of aromatic nitrogens is 2. The van der Waals surface area contributed by atoms with Crippen molar-refractivity contribution in [3.05, 3.63) is 26.5 Å². The van der Waals surface area contributed by atoms with Gasteiger partial charge in [0.25, 0.3) is 0 Å². The number of methoxy groups -OCH3 is 1. The van der Waals surface area contributed by atoms with Crippen LogP contribution in [-0.4, -0.2) is 17.1 Å². The molecule has 2 rings (SSSR count). The van der Waals surface area contributed by atoms with Crippen LogP contribution in [0.25, 0.3) is 10.9 Å². The molecule has 3 nitrogen and oxygen atoms in total. The van der Waals surface area contributed by atoms with Gasteiger partial charge in [-0.05, 0) is 37.9 Å². The van der Waals surface area contributed by atoms with E-state index in [1.165, 1.54) is 6.33 Å². The van der Waals surface area contributed by atoms with E-state index in [0.29, 0.717) is 16.3 Å². The molecule has 0 unspecified atom stereocenters. The zero-order chi connectivity index (χ0) is 11.0. The molecule has 0 aliphatic rings. The largest absolute Gasteiger partial charge is 0.495 e. The predicted octanol–water partition coefficient (Wildman–Crippen LogP) is 3.82. The van der Waals surface area contributed by atoms with E-state index in [1.54, 1.807) is 7.11 Å². The van der Waals surface area contributed by atoms with E-state index in [0.717, 1.165) is 14.5 Å². The molecule has 0 amide bonds. The van der Waals surface area contributed by atoms with Crippen molar-refractivity contribution in [2.24, 2.45) is 0 Å². The Labute approximate surface area is 108 Å². The number of ether oxygens (including phenoxy) is 1. The normalized spacial score (nSPS) is 10.7. The highest BCUT2D eigenvalue weighted by atomic mass is 79.9. The molecule has 1 aromatic heterocycles. The molecule has 78 valence electrons. The lowest BCUT2D eigenvalue weighted by Crippen LogP contribution is -1.92. The Morgan fingerprint density at radius 2 is 2.00 bits per heavy atom. The highest BCUT2D eigenvalue weighted by molar-refractivity contribution is 9.11. The number of hydrogen-bond acceptors (Lipinski definition) is 3. The molecule has 0 saturated heterocycles. The van der Waals surface area contributed by atoms with Crippen LogP contribution < -0.4 is 4.74 Å². The fourth-order valence-electron chi connectivity index (χ4n) is 1.31. The number of nitrogens with zero attached hydrogens (tertiary/aromatic N) is 2. The quantitative estimate of drug-likeness (QED) is 0.732. The van der Waals surface area contributed by atoms with Gasteiger partial charge in [-0.2, -0.15) is 0 Å². The summed E-state index contributed by atoms with van der Waals surface area (Å²) in [5, 5.41) is 1.07. The van der Waals surface area contributed by atoms with E-state index >= 15 is 0 Å². The van der Waals surface area contributed by atoms with E-state index in [9.17, 15) is 0 Å².